The van der Waals surface area contributed by atoms with E-state index in [0.29, 0.717) is 19.6 Å². The fourth-order valence-corrected chi connectivity index (χ4v) is 2.69. The highest BCUT2D eigenvalue weighted by molar-refractivity contribution is 5.80. The third-order valence-corrected chi connectivity index (χ3v) is 3.85. The number of carbonyl (C=O) groups is 2. The molecule has 7 nitrogen and oxygen atoms in total. The number of carbonyl (C=O) groups excluding carboxylic acids is 2. The summed E-state index contributed by atoms with van der Waals surface area (Å²) < 4.78 is 0. The van der Waals surface area contributed by atoms with Crippen LogP contribution in [0, 0.1) is 5.92 Å². The molecule has 0 aliphatic carbocycles. The molecule has 1 unspecified atom stereocenters. The fourth-order valence-electron chi connectivity index (χ4n) is 2.69. The topological polar surface area (TPSA) is 91.6 Å². The van der Waals surface area contributed by atoms with E-state index in [-0.39, 0.29) is 11.8 Å². The molecular weight excluding hydrogens is 282 g/mol. The summed E-state index contributed by atoms with van der Waals surface area (Å²) in [5, 5.41) is 2.94. The van der Waals surface area contributed by atoms with Gasteiger partial charge in [-0.05, 0) is 18.9 Å². The van der Waals surface area contributed by atoms with Gasteiger partial charge in [0.2, 0.25) is 5.91 Å². The molecule has 120 valence electrons. The zero-order chi connectivity index (χ0) is 16.1. The van der Waals surface area contributed by atoms with Gasteiger partial charge in [-0.25, -0.2) is 9.78 Å². The van der Waals surface area contributed by atoms with Crippen LogP contribution in [-0.2, 0) is 11.3 Å². The van der Waals surface area contributed by atoms with Crippen molar-refractivity contribution in [2.75, 3.05) is 32.1 Å². The lowest BCUT2D eigenvalue weighted by atomic mass is 9.97. The molecule has 1 atom stereocenters. The van der Waals surface area contributed by atoms with Crippen LogP contribution in [-0.4, -0.2) is 49.0 Å². The van der Waals surface area contributed by atoms with Gasteiger partial charge >= 0.3 is 6.03 Å². The molecule has 0 radical (unpaired) electrons. The van der Waals surface area contributed by atoms with Crippen LogP contribution in [0.3, 0.4) is 0 Å². The number of amides is 3. The smallest absolute Gasteiger partial charge is 0.314 e. The van der Waals surface area contributed by atoms with E-state index in [1.54, 1.807) is 6.20 Å². The Morgan fingerprint density at radius 2 is 2.27 bits per heavy atom. The van der Waals surface area contributed by atoms with Gasteiger partial charge in [0, 0.05) is 45.5 Å². The zero-order valence-electron chi connectivity index (χ0n) is 13.1. The van der Waals surface area contributed by atoms with Crippen LogP contribution >= 0.6 is 0 Å². The number of aromatic nitrogens is 1. The molecule has 2 rings (SSSR count). The van der Waals surface area contributed by atoms with Gasteiger partial charge < -0.3 is 20.9 Å². The highest BCUT2D eigenvalue weighted by Crippen LogP contribution is 2.18. The minimum absolute atomic E-state index is 0.0421. The first-order valence-electron chi connectivity index (χ1n) is 7.42. The van der Waals surface area contributed by atoms with Gasteiger partial charge in [0.1, 0.15) is 5.82 Å². The van der Waals surface area contributed by atoms with Gasteiger partial charge in [0.05, 0.1) is 5.92 Å². The number of likely N-dealkylation sites (tertiary alicyclic amines) is 1. The molecule has 1 fully saturated rings. The highest BCUT2D eigenvalue weighted by Gasteiger charge is 2.27. The van der Waals surface area contributed by atoms with E-state index in [1.807, 2.05) is 31.1 Å². The van der Waals surface area contributed by atoms with Crippen molar-refractivity contribution in [2.24, 2.45) is 11.7 Å². The SMILES string of the molecule is CN(C)c1ncccc1CNC(=O)C1CCCN(C(N)=O)C1. The largest absolute Gasteiger partial charge is 0.362 e. The summed E-state index contributed by atoms with van der Waals surface area (Å²) in [6.07, 6.45) is 3.31. The third kappa shape index (κ3) is 3.87. The Bertz CT molecular complexity index is 546. The Morgan fingerprint density at radius 3 is 2.95 bits per heavy atom. The van der Waals surface area contributed by atoms with E-state index in [4.69, 9.17) is 5.73 Å². The van der Waals surface area contributed by atoms with Crippen molar-refractivity contribution >= 4 is 17.8 Å². The molecule has 0 spiro atoms. The maximum absolute atomic E-state index is 12.3. The van der Waals surface area contributed by atoms with Crippen molar-refractivity contribution in [1.29, 1.82) is 0 Å². The van der Waals surface area contributed by atoms with Crippen LogP contribution < -0.4 is 16.0 Å². The Kier molecular flexibility index (Phi) is 5.19. The van der Waals surface area contributed by atoms with Crippen LogP contribution in [0.5, 0.6) is 0 Å². The number of nitrogens with one attached hydrogen (secondary N) is 1. The summed E-state index contributed by atoms with van der Waals surface area (Å²) in [7, 11) is 3.83. The number of pyridine rings is 1. The van der Waals surface area contributed by atoms with Crippen molar-refractivity contribution in [3.8, 4) is 0 Å². The molecule has 0 bridgehead atoms. The van der Waals surface area contributed by atoms with Crippen molar-refractivity contribution in [3.63, 3.8) is 0 Å². The number of nitrogens with two attached hydrogens (primary N) is 1. The average molecular weight is 305 g/mol. The molecule has 0 saturated carbocycles. The number of anilines is 1. The molecular formula is C15H23N5O2. The molecule has 3 amide bonds. The molecule has 1 aromatic rings. The van der Waals surface area contributed by atoms with Gasteiger partial charge in [0.15, 0.2) is 0 Å². The van der Waals surface area contributed by atoms with Crippen molar-refractivity contribution < 1.29 is 9.59 Å². The lowest BCUT2D eigenvalue weighted by Crippen LogP contribution is -2.47. The minimum Gasteiger partial charge on any atom is -0.362 e. The van der Waals surface area contributed by atoms with Crippen molar-refractivity contribution in [3.05, 3.63) is 23.9 Å². The summed E-state index contributed by atoms with van der Waals surface area (Å²) in [4.78, 5) is 31.3. The lowest BCUT2D eigenvalue weighted by molar-refractivity contribution is -0.126. The predicted octanol–water partition coefficient (Wildman–Crippen LogP) is 0.555. The van der Waals surface area contributed by atoms with Crippen LogP contribution in [0.1, 0.15) is 18.4 Å². The molecule has 3 N–H and O–H groups in total. The number of rotatable bonds is 4. The molecule has 22 heavy (non-hydrogen) atoms. The van der Waals surface area contributed by atoms with Crippen LogP contribution in [0.2, 0.25) is 0 Å². The predicted molar refractivity (Wildman–Crippen MR) is 84.3 cm³/mol. The molecule has 1 aromatic heterocycles. The maximum atomic E-state index is 12.3. The van der Waals surface area contributed by atoms with Gasteiger partial charge in [-0.2, -0.15) is 0 Å². The first-order chi connectivity index (χ1) is 10.5. The van der Waals surface area contributed by atoms with Crippen LogP contribution in [0.15, 0.2) is 18.3 Å². The van der Waals surface area contributed by atoms with Gasteiger partial charge in [-0.3, -0.25) is 4.79 Å². The molecule has 7 heteroatoms. The van der Waals surface area contributed by atoms with E-state index in [9.17, 15) is 9.59 Å². The fraction of sp³-hybridized carbons (Fsp3) is 0.533. The molecule has 1 aliphatic rings. The van der Waals surface area contributed by atoms with E-state index in [1.165, 1.54) is 4.90 Å². The van der Waals surface area contributed by atoms with Crippen LogP contribution in [0.25, 0.3) is 0 Å². The Labute approximate surface area is 130 Å². The summed E-state index contributed by atoms with van der Waals surface area (Å²) in [5.41, 5.74) is 6.25. The van der Waals surface area contributed by atoms with Crippen LogP contribution in [0.4, 0.5) is 10.6 Å². The maximum Gasteiger partial charge on any atom is 0.314 e. The summed E-state index contributed by atoms with van der Waals surface area (Å²) >= 11 is 0. The molecule has 1 saturated heterocycles. The summed E-state index contributed by atoms with van der Waals surface area (Å²) in [6.45, 7) is 1.45. The third-order valence-electron chi connectivity index (χ3n) is 3.85. The van der Waals surface area contributed by atoms with Crippen molar-refractivity contribution in [1.82, 2.24) is 15.2 Å². The number of nitrogens with zero attached hydrogens (tertiary/aromatic N) is 3. The Balaban J connectivity index is 1.94. The Morgan fingerprint density at radius 1 is 1.50 bits per heavy atom. The second kappa shape index (κ2) is 7.11. The van der Waals surface area contributed by atoms with E-state index < -0.39 is 6.03 Å². The molecule has 1 aliphatic heterocycles. The number of piperidine rings is 1. The zero-order valence-corrected chi connectivity index (χ0v) is 13.1. The highest BCUT2D eigenvalue weighted by atomic mass is 16.2. The number of hydrogen-bond acceptors (Lipinski definition) is 4. The molecule has 0 aromatic carbocycles. The number of primary amides is 1. The normalized spacial score (nSPS) is 17.9. The quantitative estimate of drug-likeness (QED) is 0.850. The van der Waals surface area contributed by atoms with Crippen molar-refractivity contribution in [2.45, 2.75) is 19.4 Å². The lowest BCUT2D eigenvalue weighted by Gasteiger charge is -2.30. The first kappa shape index (κ1) is 16.1. The monoisotopic (exact) mass is 305 g/mol. The second-order valence-corrected chi connectivity index (χ2v) is 5.72. The number of urea groups is 1. The average Bonchev–Trinajstić information content (AvgIpc) is 2.52. The Hall–Kier alpha value is -2.31. The first-order valence-corrected chi connectivity index (χ1v) is 7.42. The standard InChI is InChI=1S/C15H23N5O2/c1-19(2)13-11(5-3-7-17-13)9-18-14(21)12-6-4-8-20(10-12)15(16)22/h3,5,7,12H,4,6,8-10H2,1-2H3,(H2,16,22)(H,18,21). The molecule has 2 heterocycles. The van der Waals surface area contributed by atoms with E-state index in [2.05, 4.69) is 10.3 Å². The summed E-state index contributed by atoms with van der Waals surface area (Å²) in [5.74, 6) is 0.602. The van der Waals surface area contributed by atoms with Gasteiger partial charge in [-0.1, -0.05) is 6.07 Å². The van der Waals surface area contributed by atoms with Gasteiger partial charge in [-0.15, -0.1) is 0 Å². The van der Waals surface area contributed by atoms with E-state index >= 15 is 0 Å². The second-order valence-electron chi connectivity index (χ2n) is 5.72. The summed E-state index contributed by atoms with van der Waals surface area (Å²) in [6, 6.07) is 3.34. The number of hydrogen-bond donors (Lipinski definition) is 2. The van der Waals surface area contributed by atoms with E-state index in [0.717, 1.165) is 24.2 Å². The van der Waals surface area contributed by atoms with Gasteiger partial charge in [0.25, 0.3) is 0 Å². The minimum atomic E-state index is -0.459.